The van der Waals surface area contributed by atoms with Crippen molar-refractivity contribution >= 4 is 28.7 Å². The largest absolute Gasteiger partial charge is 0.465 e. The Hall–Kier alpha value is -2.77. The van der Waals surface area contributed by atoms with Gasteiger partial charge in [-0.05, 0) is 33.8 Å². The zero-order chi connectivity index (χ0) is 18.8. The first-order chi connectivity index (χ1) is 11.6. The molecule has 0 fully saturated rings. The number of aromatic nitrogens is 2. The lowest BCUT2D eigenvalue weighted by Gasteiger charge is -2.19. The van der Waals surface area contributed by atoms with Crippen LogP contribution in [0.4, 0.5) is 10.5 Å². The standard InChI is InChI=1S/C17H23N3O5/c1-6-24-13(21)10-20-8-7-12-14(15(20)22)11(9-19(12)5)18-16(23)25-17(2,3)4/h7-9H,6,10H2,1-5H3,(H,18,23). The summed E-state index contributed by atoms with van der Waals surface area (Å²) in [5.41, 5.74) is -0.0814. The number of hydrogen-bond donors (Lipinski definition) is 1. The maximum Gasteiger partial charge on any atom is 0.412 e. The Morgan fingerprint density at radius 2 is 1.96 bits per heavy atom. The fourth-order valence-electron chi connectivity index (χ4n) is 2.42. The maximum atomic E-state index is 12.7. The van der Waals surface area contributed by atoms with Crippen molar-refractivity contribution in [1.29, 1.82) is 0 Å². The zero-order valence-corrected chi connectivity index (χ0v) is 15.1. The molecule has 0 aliphatic carbocycles. The Kier molecular flexibility index (Phi) is 5.20. The van der Waals surface area contributed by atoms with E-state index in [1.54, 1.807) is 51.6 Å². The number of carbonyl (C=O) groups excluding carboxylic acids is 2. The SMILES string of the molecule is CCOC(=O)Cn1ccc2c(c(NC(=O)OC(C)(C)C)cn2C)c1=O. The summed E-state index contributed by atoms with van der Waals surface area (Å²) in [6, 6.07) is 1.70. The van der Waals surface area contributed by atoms with Crippen molar-refractivity contribution in [1.82, 2.24) is 9.13 Å². The quantitative estimate of drug-likeness (QED) is 0.855. The highest BCUT2D eigenvalue weighted by Crippen LogP contribution is 2.22. The summed E-state index contributed by atoms with van der Waals surface area (Å²) in [6.07, 6.45) is 2.50. The molecule has 8 nitrogen and oxygen atoms in total. The van der Waals surface area contributed by atoms with Crippen LogP contribution in [0.5, 0.6) is 0 Å². The van der Waals surface area contributed by atoms with Crippen molar-refractivity contribution in [2.75, 3.05) is 11.9 Å². The molecule has 0 bridgehead atoms. The Labute approximate surface area is 145 Å². The van der Waals surface area contributed by atoms with Crippen molar-refractivity contribution in [3.05, 3.63) is 28.8 Å². The Morgan fingerprint density at radius 3 is 2.56 bits per heavy atom. The number of nitrogens with zero attached hydrogens (tertiary/aromatic N) is 2. The number of esters is 1. The van der Waals surface area contributed by atoms with Gasteiger partial charge >= 0.3 is 12.1 Å². The summed E-state index contributed by atoms with van der Waals surface area (Å²) in [5.74, 6) is -0.499. The van der Waals surface area contributed by atoms with Crippen LogP contribution in [0, 0.1) is 0 Å². The van der Waals surface area contributed by atoms with Crippen molar-refractivity contribution in [2.24, 2.45) is 7.05 Å². The molecule has 0 unspecified atom stereocenters. The predicted octanol–water partition coefficient (Wildman–Crippen LogP) is 2.25. The minimum Gasteiger partial charge on any atom is -0.465 e. The van der Waals surface area contributed by atoms with Gasteiger partial charge in [0, 0.05) is 19.4 Å². The number of aryl methyl sites for hydroxylation is 1. The molecule has 25 heavy (non-hydrogen) atoms. The molecule has 0 atom stereocenters. The molecule has 0 spiro atoms. The lowest BCUT2D eigenvalue weighted by molar-refractivity contribution is -0.143. The van der Waals surface area contributed by atoms with Gasteiger partial charge in [0.1, 0.15) is 12.1 Å². The van der Waals surface area contributed by atoms with Crippen LogP contribution in [-0.2, 0) is 27.9 Å². The molecule has 2 aromatic rings. The molecule has 2 heterocycles. The smallest absolute Gasteiger partial charge is 0.412 e. The van der Waals surface area contributed by atoms with Crippen LogP contribution in [0.3, 0.4) is 0 Å². The Morgan fingerprint density at radius 1 is 1.28 bits per heavy atom. The number of amides is 1. The van der Waals surface area contributed by atoms with E-state index in [4.69, 9.17) is 9.47 Å². The number of rotatable bonds is 4. The molecule has 0 saturated heterocycles. The minimum atomic E-state index is -0.654. The van der Waals surface area contributed by atoms with E-state index in [-0.39, 0.29) is 13.2 Å². The first-order valence-corrected chi connectivity index (χ1v) is 7.96. The van der Waals surface area contributed by atoms with Crippen molar-refractivity contribution in [3.63, 3.8) is 0 Å². The lowest BCUT2D eigenvalue weighted by Crippen LogP contribution is -2.28. The van der Waals surface area contributed by atoms with Crippen LogP contribution < -0.4 is 10.9 Å². The second kappa shape index (κ2) is 7.00. The highest BCUT2D eigenvalue weighted by atomic mass is 16.6. The molecule has 136 valence electrons. The number of nitrogens with one attached hydrogen (secondary N) is 1. The van der Waals surface area contributed by atoms with Crippen LogP contribution >= 0.6 is 0 Å². The van der Waals surface area contributed by atoms with Gasteiger partial charge in [-0.2, -0.15) is 0 Å². The molecule has 8 heteroatoms. The van der Waals surface area contributed by atoms with Crippen molar-refractivity contribution in [2.45, 2.75) is 39.8 Å². The Balaban J connectivity index is 2.40. The Bertz CT molecular complexity index is 858. The topological polar surface area (TPSA) is 91.6 Å². The average molecular weight is 349 g/mol. The number of ether oxygens (including phenoxy) is 2. The third-order valence-electron chi connectivity index (χ3n) is 3.36. The number of carbonyl (C=O) groups is 2. The van der Waals surface area contributed by atoms with Gasteiger partial charge < -0.3 is 18.6 Å². The monoisotopic (exact) mass is 349 g/mol. The normalized spacial score (nSPS) is 11.4. The van der Waals surface area contributed by atoms with Gasteiger partial charge in [-0.3, -0.25) is 14.9 Å². The molecular formula is C17H23N3O5. The van der Waals surface area contributed by atoms with Gasteiger partial charge in [0.2, 0.25) is 0 Å². The summed E-state index contributed by atoms with van der Waals surface area (Å²) in [4.78, 5) is 36.4. The molecule has 0 saturated carbocycles. The van der Waals surface area contributed by atoms with Gasteiger partial charge in [0.15, 0.2) is 0 Å². The van der Waals surface area contributed by atoms with Gasteiger partial charge in [0.25, 0.3) is 5.56 Å². The van der Waals surface area contributed by atoms with E-state index in [1.807, 2.05) is 0 Å². The minimum absolute atomic E-state index is 0.191. The summed E-state index contributed by atoms with van der Waals surface area (Å²) >= 11 is 0. The highest BCUT2D eigenvalue weighted by Gasteiger charge is 2.20. The van der Waals surface area contributed by atoms with Crippen LogP contribution in [0.15, 0.2) is 23.3 Å². The van der Waals surface area contributed by atoms with E-state index in [9.17, 15) is 14.4 Å². The first kappa shape index (κ1) is 18.6. The summed E-state index contributed by atoms with van der Waals surface area (Å²) < 4.78 is 13.1. The third kappa shape index (κ3) is 4.40. The fourth-order valence-corrected chi connectivity index (χ4v) is 2.42. The molecule has 0 radical (unpaired) electrons. The summed E-state index contributed by atoms with van der Waals surface area (Å²) in [7, 11) is 1.76. The number of pyridine rings is 1. The maximum absolute atomic E-state index is 12.7. The zero-order valence-electron chi connectivity index (χ0n) is 15.1. The molecular weight excluding hydrogens is 326 g/mol. The second-order valence-corrected chi connectivity index (χ2v) is 6.59. The van der Waals surface area contributed by atoms with E-state index < -0.39 is 23.2 Å². The molecule has 2 aromatic heterocycles. The van der Waals surface area contributed by atoms with Gasteiger partial charge in [-0.25, -0.2) is 4.79 Å². The number of anilines is 1. The first-order valence-electron chi connectivity index (χ1n) is 7.96. The average Bonchev–Trinajstić information content (AvgIpc) is 2.77. The highest BCUT2D eigenvalue weighted by molar-refractivity contribution is 5.99. The van der Waals surface area contributed by atoms with Gasteiger partial charge in [-0.1, -0.05) is 0 Å². The van der Waals surface area contributed by atoms with E-state index >= 15 is 0 Å². The number of fused-ring (bicyclic) bond motifs is 1. The second-order valence-electron chi connectivity index (χ2n) is 6.59. The van der Waals surface area contributed by atoms with Crippen LogP contribution in [-0.4, -0.2) is 33.4 Å². The van der Waals surface area contributed by atoms with E-state index in [2.05, 4.69) is 5.32 Å². The van der Waals surface area contributed by atoms with Gasteiger partial charge in [0.05, 0.1) is 23.2 Å². The van der Waals surface area contributed by atoms with Gasteiger partial charge in [-0.15, -0.1) is 0 Å². The van der Waals surface area contributed by atoms with Crippen molar-refractivity contribution < 1.29 is 19.1 Å². The fraction of sp³-hybridized carbons (Fsp3) is 0.471. The molecule has 1 amide bonds. The molecule has 0 aliphatic heterocycles. The summed E-state index contributed by atoms with van der Waals surface area (Å²) in [5, 5.41) is 2.90. The van der Waals surface area contributed by atoms with Crippen molar-refractivity contribution in [3.8, 4) is 0 Å². The predicted molar refractivity (Wildman–Crippen MR) is 93.7 cm³/mol. The molecule has 1 N–H and O–H groups in total. The number of hydrogen-bond acceptors (Lipinski definition) is 5. The van der Waals surface area contributed by atoms with E-state index in [0.29, 0.717) is 16.6 Å². The third-order valence-corrected chi connectivity index (χ3v) is 3.36. The van der Waals surface area contributed by atoms with Crippen LogP contribution in [0.25, 0.3) is 10.9 Å². The molecule has 2 rings (SSSR count). The van der Waals surface area contributed by atoms with E-state index in [0.717, 1.165) is 0 Å². The van der Waals surface area contributed by atoms with Crippen LogP contribution in [0.2, 0.25) is 0 Å². The van der Waals surface area contributed by atoms with E-state index in [1.165, 1.54) is 10.8 Å². The lowest BCUT2D eigenvalue weighted by atomic mass is 10.2. The summed E-state index contributed by atoms with van der Waals surface area (Å²) in [6.45, 7) is 7.01. The molecule has 0 aliphatic rings. The molecule has 0 aromatic carbocycles. The van der Waals surface area contributed by atoms with Crippen LogP contribution in [0.1, 0.15) is 27.7 Å².